The summed E-state index contributed by atoms with van der Waals surface area (Å²) in [6, 6.07) is 5.86. The zero-order valence-corrected chi connectivity index (χ0v) is 13.0. The third kappa shape index (κ3) is 4.99. The Morgan fingerprint density at radius 2 is 1.76 bits per heavy atom. The molecule has 96 valence electrons. The van der Waals surface area contributed by atoms with E-state index in [0.29, 0.717) is 5.41 Å². The number of nitrogen functional groups attached to an aromatic ring is 1. The Morgan fingerprint density at radius 3 is 2.24 bits per heavy atom. The maximum Gasteiger partial charge on any atom is 0.0490 e. The molecule has 17 heavy (non-hydrogen) atoms. The van der Waals surface area contributed by atoms with E-state index in [0.717, 1.165) is 22.3 Å². The lowest BCUT2D eigenvalue weighted by Crippen LogP contribution is -2.35. The van der Waals surface area contributed by atoms with Crippen LogP contribution in [0.1, 0.15) is 41.0 Å². The fourth-order valence-electron chi connectivity index (χ4n) is 2.37. The van der Waals surface area contributed by atoms with Crippen molar-refractivity contribution in [2.24, 2.45) is 5.41 Å². The van der Waals surface area contributed by atoms with Crippen LogP contribution in [0.5, 0.6) is 0 Å². The van der Waals surface area contributed by atoms with Gasteiger partial charge in [0.15, 0.2) is 0 Å². The Balaban J connectivity index is 2.83. The van der Waals surface area contributed by atoms with Gasteiger partial charge >= 0.3 is 0 Å². The van der Waals surface area contributed by atoms with Crippen LogP contribution in [0.25, 0.3) is 0 Å². The number of nitrogens with one attached hydrogen (secondary N) is 1. The smallest absolute Gasteiger partial charge is 0.0490 e. The molecular formula is C14H23BrN2. The lowest BCUT2D eigenvalue weighted by Gasteiger charge is -2.34. The molecule has 0 bridgehead atoms. The topological polar surface area (TPSA) is 38.0 Å². The van der Waals surface area contributed by atoms with Crippen LogP contribution in [0.3, 0.4) is 0 Å². The summed E-state index contributed by atoms with van der Waals surface area (Å²) in [5.41, 5.74) is 7.96. The van der Waals surface area contributed by atoms with Crippen molar-refractivity contribution in [2.75, 3.05) is 11.1 Å². The highest BCUT2D eigenvalue weighted by molar-refractivity contribution is 9.10. The summed E-state index contributed by atoms with van der Waals surface area (Å²) in [6.45, 7) is 11.2. The highest BCUT2D eigenvalue weighted by atomic mass is 79.9. The molecule has 0 heterocycles. The number of benzene rings is 1. The van der Waals surface area contributed by atoms with E-state index in [1.54, 1.807) is 0 Å². The minimum Gasteiger partial charge on any atom is -0.399 e. The van der Waals surface area contributed by atoms with Crippen molar-refractivity contribution < 1.29 is 0 Å². The zero-order chi connectivity index (χ0) is 13.3. The lowest BCUT2D eigenvalue weighted by atomic mass is 9.81. The van der Waals surface area contributed by atoms with E-state index in [-0.39, 0.29) is 5.54 Å². The van der Waals surface area contributed by atoms with Crippen LogP contribution in [0.4, 0.5) is 11.4 Å². The van der Waals surface area contributed by atoms with Crippen LogP contribution in [0, 0.1) is 5.41 Å². The van der Waals surface area contributed by atoms with Crippen molar-refractivity contribution in [3.63, 3.8) is 0 Å². The molecule has 3 N–H and O–H groups in total. The predicted octanol–water partition coefficient (Wildman–Crippen LogP) is 4.66. The average Bonchev–Trinajstić information content (AvgIpc) is 2.05. The molecule has 1 rings (SSSR count). The summed E-state index contributed by atoms with van der Waals surface area (Å²) in [4.78, 5) is 0. The molecule has 1 aromatic rings. The molecule has 0 fully saturated rings. The molecule has 3 heteroatoms. The largest absolute Gasteiger partial charge is 0.399 e. The first-order valence-corrected chi connectivity index (χ1v) is 6.72. The van der Waals surface area contributed by atoms with Gasteiger partial charge in [-0.05, 0) is 59.8 Å². The number of halogens is 1. The maximum atomic E-state index is 5.74. The molecule has 0 atom stereocenters. The number of anilines is 2. The molecule has 0 unspecified atom stereocenters. The third-order valence-corrected chi connectivity index (χ3v) is 3.09. The van der Waals surface area contributed by atoms with E-state index in [2.05, 4.69) is 55.9 Å². The van der Waals surface area contributed by atoms with Crippen LogP contribution in [0.2, 0.25) is 0 Å². The summed E-state index contributed by atoms with van der Waals surface area (Å²) in [7, 11) is 0. The van der Waals surface area contributed by atoms with Gasteiger partial charge in [-0.25, -0.2) is 0 Å². The van der Waals surface area contributed by atoms with E-state index < -0.39 is 0 Å². The van der Waals surface area contributed by atoms with Crippen molar-refractivity contribution in [1.29, 1.82) is 0 Å². The van der Waals surface area contributed by atoms with Gasteiger partial charge in [-0.1, -0.05) is 20.8 Å². The molecule has 0 saturated heterocycles. The Kier molecular flexibility index (Phi) is 4.13. The SMILES string of the molecule is CC(C)(C)CC(C)(C)Nc1ccc(N)cc1Br. The van der Waals surface area contributed by atoms with Crippen molar-refractivity contribution in [3.8, 4) is 0 Å². The molecule has 0 amide bonds. The molecule has 0 aliphatic heterocycles. The number of hydrogen-bond acceptors (Lipinski definition) is 2. The van der Waals surface area contributed by atoms with E-state index in [9.17, 15) is 0 Å². The second-order valence-corrected chi connectivity index (χ2v) is 7.34. The second-order valence-electron chi connectivity index (χ2n) is 6.49. The molecular weight excluding hydrogens is 276 g/mol. The fourth-order valence-corrected chi connectivity index (χ4v) is 2.86. The first kappa shape index (κ1) is 14.4. The van der Waals surface area contributed by atoms with Gasteiger partial charge in [0.2, 0.25) is 0 Å². The Hall–Kier alpha value is -0.700. The van der Waals surface area contributed by atoms with Gasteiger partial charge in [0.1, 0.15) is 0 Å². The predicted molar refractivity (Wildman–Crippen MR) is 80.3 cm³/mol. The summed E-state index contributed by atoms with van der Waals surface area (Å²) < 4.78 is 1.01. The third-order valence-electron chi connectivity index (χ3n) is 2.44. The van der Waals surface area contributed by atoms with Crippen LogP contribution in [-0.4, -0.2) is 5.54 Å². The molecule has 0 spiro atoms. The summed E-state index contributed by atoms with van der Waals surface area (Å²) >= 11 is 3.54. The van der Waals surface area contributed by atoms with Crippen LogP contribution >= 0.6 is 15.9 Å². The van der Waals surface area contributed by atoms with E-state index in [1.807, 2.05) is 18.2 Å². The molecule has 0 aromatic heterocycles. The zero-order valence-electron chi connectivity index (χ0n) is 11.4. The van der Waals surface area contributed by atoms with Gasteiger partial charge in [-0.15, -0.1) is 0 Å². The number of nitrogens with two attached hydrogens (primary N) is 1. The monoisotopic (exact) mass is 298 g/mol. The quantitative estimate of drug-likeness (QED) is 0.797. The van der Waals surface area contributed by atoms with E-state index in [1.165, 1.54) is 0 Å². The Labute approximate surface area is 113 Å². The Morgan fingerprint density at radius 1 is 1.18 bits per heavy atom. The van der Waals surface area contributed by atoms with Crippen LogP contribution in [0.15, 0.2) is 22.7 Å². The van der Waals surface area contributed by atoms with E-state index in [4.69, 9.17) is 5.73 Å². The minimum atomic E-state index is 0.0525. The molecule has 0 aliphatic carbocycles. The van der Waals surface area contributed by atoms with Crippen molar-refractivity contribution in [2.45, 2.75) is 46.6 Å². The van der Waals surface area contributed by atoms with Crippen LogP contribution in [-0.2, 0) is 0 Å². The molecule has 1 aromatic carbocycles. The van der Waals surface area contributed by atoms with Gasteiger partial charge in [0, 0.05) is 21.4 Å². The van der Waals surface area contributed by atoms with Crippen molar-refractivity contribution >= 4 is 27.3 Å². The number of hydrogen-bond donors (Lipinski definition) is 2. The fraction of sp³-hybridized carbons (Fsp3) is 0.571. The summed E-state index contributed by atoms with van der Waals surface area (Å²) in [6.07, 6.45) is 1.09. The van der Waals surface area contributed by atoms with Gasteiger partial charge < -0.3 is 11.1 Å². The van der Waals surface area contributed by atoms with Gasteiger partial charge in [0.25, 0.3) is 0 Å². The highest BCUT2D eigenvalue weighted by Crippen LogP contribution is 2.32. The first-order chi connectivity index (χ1) is 7.59. The van der Waals surface area contributed by atoms with Gasteiger partial charge in [-0.2, -0.15) is 0 Å². The molecule has 0 saturated carbocycles. The van der Waals surface area contributed by atoms with Crippen LogP contribution < -0.4 is 11.1 Å². The second kappa shape index (κ2) is 4.89. The maximum absolute atomic E-state index is 5.74. The number of rotatable bonds is 3. The van der Waals surface area contributed by atoms with Crippen molar-refractivity contribution in [3.05, 3.63) is 22.7 Å². The molecule has 0 aliphatic rings. The van der Waals surface area contributed by atoms with E-state index >= 15 is 0 Å². The van der Waals surface area contributed by atoms with Crippen molar-refractivity contribution in [1.82, 2.24) is 0 Å². The lowest BCUT2D eigenvalue weighted by molar-refractivity contribution is 0.302. The summed E-state index contributed by atoms with van der Waals surface area (Å²) in [5.74, 6) is 0. The first-order valence-electron chi connectivity index (χ1n) is 5.92. The summed E-state index contributed by atoms with van der Waals surface area (Å²) in [5, 5.41) is 3.57. The Bertz CT molecular complexity index is 392. The van der Waals surface area contributed by atoms with Gasteiger partial charge in [0.05, 0.1) is 0 Å². The molecule has 2 nitrogen and oxygen atoms in total. The minimum absolute atomic E-state index is 0.0525. The highest BCUT2D eigenvalue weighted by Gasteiger charge is 2.25. The normalized spacial score (nSPS) is 12.6. The average molecular weight is 299 g/mol. The van der Waals surface area contributed by atoms with Gasteiger partial charge in [-0.3, -0.25) is 0 Å². The standard InChI is InChI=1S/C14H23BrN2/c1-13(2,3)9-14(4,5)17-12-7-6-10(16)8-11(12)15/h6-8,17H,9,16H2,1-5H3. The molecule has 0 radical (unpaired) electrons.